The Balaban J connectivity index is 1.54. The Bertz CT molecular complexity index is 1250. The zero-order chi connectivity index (χ0) is 20.9. The van der Waals surface area contributed by atoms with Crippen molar-refractivity contribution in [3.8, 4) is 0 Å². The van der Waals surface area contributed by atoms with E-state index in [9.17, 15) is 13.2 Å². The molecular weight excluding hydrogens is 406 g/mol. The van der Waals surface area contributed by atoms with Gasteiger partial charge in [0.25, 0.3) is 5.91 Å². The van der Waals surface area contributed by atoms with Crippen molar-refractivity contribution < 1.29 is 13.2 Å². The first-order valence-electron chi connectivity index (χ1n) is 9.72. The van der Waals surface area contributed by atoms with E-state index in [1.807, 2.05) is 10.6 Å². The van der Waals surface area contributed by atoms with Gasteiger partial charge in [0.05, 0.1) is 4.90 Å². The number of anilines is 3. The molecule has 11 heteroatoms. The predicted octanol–water partition coefficient (Wildman–Crippen LogP) is 1.94. The molecule has 2 aliphatic rings. The van der Waals surface area contributed by atoms with Gasteiger partial charge in [0.2, 0.25) is 16.0 Å². The molecule has 1 aromatic carbocycles. The van der Waals surface area contributed by atoms with Crippen molar-refractivity contribution in [3.05, 3.63) is 36.5 Å². The Kier molecular flexibility index (Phi) is 4.19. The number of hydrazine groups is 1. The molecule has 3 heterocycles. The third-order valence-corrected chi connectivity index (χ3v) is 6.74. The fourth-order valence-electron chi connectivity index (χ4n) is 4.36. The quantitative estimate of drug-likeness (QED) is 0.500. The molecule has 0 saturated heterocycles. The fourth-order valence-corrected chi connectivity index (χ4v) is 4.87. The summed E-state index contributed by atoms with van der Waals surface area (Å²) in [4.78, 5) is 21.9. The number of carbonyl (C=O) groups is 1. The number of carbonyl (C=O) groups excluding carboxylic acids is 1. The molecule has 5 N–H and O–H groups in total. The molecule has 0 atom stereocenters. The molecule has 0 unspecified atom stereocenters. The first-order chi connectivity index (χ1) is 14.4. The molecule has 10 nitrogen and oxygen atoms in total. The van der Waals surface area contributed by atoms with Gasteiger partial charge in [-0.3, -0.25) is 20.2 Å². The summed E-state index contributed by atoms with van der Waals surface area (Å²) in [5.41, 5.74) is 6.41. The van der Waals surface area contributed by atoms with E-state index in [4.69, 9.17) is 5.14 Å². The molecule has 0 radical (unpaired) electrons. The summed E-state index contributed by atoms with van der Waals surface area (Å²) in [5.74, 6) is 1.10. The van der Waals surface area contributed by atoms with E-state index in [2.05, 4.69) is 26.1 Å². The topological polar surface area (TPSA) is 144 Å². The zero-order valence-corrected chi connectivity index (χ0v) is 16.9. The number of amides is 1. The van der Waals surface area contributed by atoms with E-state index in [1.54, 1.807) is 18.3 Å². The van der Waals surface area contributed by atoms with Gasteiger partial charge in [-0.1, -0.05) is 19.3 Å². The van der Waals surface area contributed by atoms with Crippen LogP contribution in [0.1, 0.15) is 32.1 Å². The van der Waals surface area contributed by atoms with E-state index in [1.165, 1.54) is 12.1 Å². The second-order valence-electron chi connectivity index (χ2n) is 7.70. The molecule has 5 rings (SSSR count). The minimum absolute atomic E-state index is 0.0291. The van der Waals surface area contributed by atoms with Gasteiger partial charge in [0.1, 0.15) is 17.0 Å². The van der Waals surface area contributed by atoms with Gasteiger partial charge in [0, 0.05) is 17.3 Å². The van der Waals surface area contributed by atoms with E-state index >= 15 is 0 Å². The van der Waals surface area contributed by atoms with Crippen LogP contribution in [-0.4, -0.2) is 28.9 Å². The van der Waals surface area contributed by atoms with Crippen LogP contribution < -0.4 is 21.3 Å². The predicted molar refractivity (Wildman–Crippen MR) is 111 cm³/mol. The first-order valence-corrected chi connectivity index (χ1v) is 11.3. The Hall–Kier alpha value is -3.18. The third-order valence-electron chi connectivity index (χ3n) is 5.82. The van der Waals surface area contributed by atoms with Gasteiger partial charge in [-0.25, -0.2) is 18.5 Å². The molecule has 3 aromatic rings. The molecule has 30 heavy (non-hydrogen) atoms. The summed E-state index contributed by atoms with van der Waals surface area (Å²) in [5, 5.41) is 9.05. The summed E-state index contributed by atoms with van der Waals surface area (Å²) in [6.07, 6.45) is 6.32. The largest absolute Gasteiger partial charge is 0.324 e. The second kappa shape index (κ2) is 6.67. The summed E-state index contributed by atoms with van der Waals surface area (Å²) < 4.78 is 24.8. The Labute approximate surface area is 172 Å². The number of sulfonamides is 1. The lowest BCUT2D eigenvalue weighted by Crippen LogP contribution is -2.55. The van der Waals surface area contributed by atoms with Crippen LogP contribution in [-0.2, 0) is 20.4 Å². The van der Waals surface area contributed by atoms with Crippen LogP contribution in [0.2, 0.25) is 0 Å². The smallest absolute Gasteiger partial charge is 0.264 e. The number of nitrogens with one attached hydrogen (secondary N) is 3. The average Bonchev–Trinajstić information content (AvgIpc) is 3.10. The molecule has 1 fully saturated rings. The van der Waals surface area contributed by atoms with Crippen LogP contribution in [0, 0.1) is 0 Å². The van der Waals surface area contributed by atoms with Crippen LogP contribution in [0.15, 0.2) is 41.4 Å². The number of aromatic nitrogens is 3. The number of rotatable bonds is 3. The van der Waals surface area contributed by atoms with Crippen LogP contribution in [0.5, 0.6) is 0 Å². The molecule has 0 bridgehead atoms. The Morgan fingerprint density at radius 2 is 1.83 bits per heavy atom. The maximum atomic E-state index is 12.9. The van der Waals surface area contributed by atoms with Crippen LogP contribution in [0.4, 0.5) is 17.5 Å². The van der Waals surface area contributed by atoms with Crippen molar-refractivity contribution in [3.63, 3.8) is 0 Å². The van der Waals surface area contributed by atoms with Gasteiger partial charge < -0.3 is 5.32 Å². The summed E-state index contributed by atoms with van der Waals surface area (Å²) in [6, 6.07) is 7.95. The van der Waals surface area contributed by atoms with E-state index in [-0.39, 0.29) is 10.8 Å². The van der Waals surface area contributed by atoms with Crippen LogP contribution >= 0.6 is 0 Å². The third kappa shape index (κ3) is 2.97. The highest BCUT2D eigenvalue weighted by Crippen LogP contribution is 2.42. The van der Waals surface area contributed by atoms with Gasteiger partial charge in [-0.2, -0.15) is 4.98 Å². The summed E-state index contributed by atoms with van der Waals surface area (Å²) >= 11 is 0. The lowest BCUT2D eigenvalue weighted by molar-refractivity contribution is -0.131. The average molecular weight is 427 g/mol. The summed E-state index contributed by atoms with van der Waals surface area (Å²) in [6.45, 7) is 0. The van der Waals surface area contributed by atoms with Gasteiger partial charge >= 0.3 is 0 Å². The number of hydrogen-bond acceptors (Lipinski definition) is 7. The highest BCUT2D eigenvalue weighted by molar-refractivity contribution is 7.89. The number of nitrogens with two attached hydrogens (primary N) is 1. The Morgan fingerprint density at radius 1 is 1.10 bits per heavy atom. The van der Waals surface area contributed by atoms with Gasteiger partial charge in [-0.05, 0) is 43.2 Å². The number of benzene rings is 1. The number of primary sulfonamides is 1. The molecule has 156 valence electrons. The zero-order valence-electron chi connectivity index (χ0n) is 16.1. The first kappa shape index (κ1) is 18.8. The SMILES string of the molecule is NS(=O)(=O)c1ccc(Nc2ncc3cc4n(c3n2)C2(CCCCC2)C(=O)NN4)cc1. The lowest BCUT2D eigenvalue weighted by Gasteiger charge is -2.41. The molecule has 2 aromatic heterocycles. The molecule has 1 amide bonds. The molecule has 1 saturated carbocycles. The van der Waals surface area contributed by atoms with Crippen molar-refractivity contribution in [2.24, 2.45) is 5.14 Å². The molecule has 1 spiro atoms. The van der Waals surface area contributed by atoms with Crippen molar-refractivity contribution in [2.45, 2.75) is 42.5 Å². The minimum Gasteiger partial charge on any atom is -0.324 e. The maximum Gasteiger partial charge on any atom is 0.264 e. The van der Waals surface area contributed by atoms with E-state index in [0.29, 0.717) is 17.3 Å². The van der Waals surface area contributed by atoms with Crippen LogP contribution in [0.3, 0.4) is 0 Å². The van der Waals surface area contributed by atoms with Crippen LogP contribution in [0.25, 0.3) is 11.0 Å². The lowest BCUT2D eigenvalue weighted by atomic mass is 9.80. The van der Waals surface area contributed by atoms with Crippen molar-refractivity contribution in [1.82, 2.24) is 20.0 Å². The highest BCUT2D eigenvalue weighted by atomic mass is 32.2. The molecule has 1 aliphatic carbocycles. The number of fused-ring (bicyclic) bond motifs is 4. The molecule has 1 aliphatic heterocycles. The maximum absolute atomic E-state index is 12.9. The van der Waals surface area contributed by atoms with Gasteiger partial charge in [0.15, 0.2) is 0 Å². The standard InChI is InChI=1S/C19H21N7O3S/c20-30(28,29)14-6-4-13(5-7-14)22-18-21-11-12-10-15-24-25-17(27)19(8-2-1-3-9-19)26(15)16(12)23-18/h4-7,10-11,24H,1-3,8-9H2,(H,25,27)(H2,20,28,29)(H,21,22,23). The highest BCUT2D eigenvalue weighted by Gasteiger charge is 2.46. The second-order valence-corrected chi connectivity index (χ2v) is 9.26. The van der Waals surface area contributed by atoms with E-state index in [0.717, 1.165) is 43.3 Å². The van der Waals surface area contributed by atoms with Crippen molar-refractivity contribution in [1.29, 1.82) is 0 Å². The number of nitrogens with zero attached hydrogens (tertiary/aromatic N) is 3. The number of hydrogen-bond donors (Lipinski definition) is 4. The van der Waals surface area contributed by atoms with Gasteiger partial charge in [-0.15, -0.1) is 0 Å². The fraction of sp³-hybridized carbons (Fsp3) is 0.316. The normalized spacial score (nSPS) is 18.0. The monoisotopic (exact) mass is 427 g/mol. The van der Waals surface area contributed by atoms with Crippen molar-refractivity contribution >= 4 is 44.4 Å². The Morgan fingerprint density at radius 3 is 2.53 bits per heavy atom. The van der Waals surface area contributed by atoms with Crippen molar-refractivity contribution in [2.75, 3.05) is 10.7 Å². The summed E-state index contributed by atoms with van der Waals surface area (Å²) in [7, 11) is -3.75. The minimum atomic E-state index is -3.75. The molecular formula is C19H21N7O3S. The van der Waals surface area contributed by atoms with E-state index < -0.39 is 15.6 Å².